The molecule has 0 saturated carbocycles. The Morgan fingerprint density at radius 1 is 1.26 bits per heavy atom. The minimum atomic E-state index is -3.44. The molecule has 1 saturated heterocycles. The van der Waals surface area contributed by atoms with Gasteiger partial charge in [-0.3, -0.25) is 0 Å². The Hall–Kier alpha value is -1.31. The van der Waals surface area contributed by atoms with Gasteiger partial charge >= 0.3 is 0 Å². The molecule has 1 heterocycles. The molecular weight excluding hydrogens is 266 g/mol. The van der Waals surface area contributed by atoms with Gasteiger partial charge in [-0.15, -0.1) is 0 Å². The van der Waals surface area contributed by atoms with E-state index in [2.05, 4.69) is 4.90 Å². The van der Waals surface area contributed by atoms with Gasteiger partial charge in [0, 0.05) is 27.2 Å². The molecule has 0 amide bonds. The van der Waals surface area contributed by atoms with Gasteiger partial charge in [0.05, 0.1) is 29.5 Å². The first-order valence-corrected chi connectivity index (χ1v) is 7.51. The van der Waals surface area contributed by atoms with Crippen molar-refractivity contribution >= 4 is 21.4 Å². The Kier molecular flexibility index (Phi) is 3.98. The summed E-state index contributed by atoms with van der Waals surface area (Å²) in [5.74, 6) is 0. The highest BCUT2D eigenvalue weighted by Gasteiger charge is 2.20. The number of ether oxygens (including phenoxy) is 1. The first kappa shape index (κ1) is 14.1. The van der Waals surface area contributed by atoms with Crippen molar-refractivity contribution in [1.29, 1.82) is 0 Å². The van der Waals surface area contributed by atoms with Crippen molar-refractivity contribution in [3.8, 4) is 0 Å². The van der Waals surface area contributed by atoms with Crippen LogP contribution >= 0.6 is 0 Å². The number of nitrogens with two attached hydrogens (primary N) is 1. The lowest BCUT2D eigenvalue weighted by Gasteiger charge is -2.30. The van der Waals surface area contributed by atoms with Gasteiger partial charge in [0.15, 0.2) is 0 Å². The van der Waals surface area contributed by atoms with Gasteiger partial charge in [-0.05, 0) is 18.2 Å². The lowest BCUT2D eigenvalue weighted by atomic mass is 10.2. The number of hydrogen-bond acceptors (Lipinski definition) is 5. The van der Waals surface area contributed by atoms with E-state index < -0.39 is 10.0 Å². The third-order valence-corrected chi connectivity index (χ3v) is 4.94. The van der Waals surface area contributed by atoms with Crippen molar-refractivity contribution in [3.05, 3.63) is 18.2 Å². The molecule has 1 aromatic carbocycles. The summed E-state index contributed by atoms with van der Waals surface area (Å²) in [6, 6.07) is 4.87. The monoisotopic (exact) mass is 285 g/mol. The number of anilines is 2. The average Bonchev–Trinajstić information content (AvgIpc) is 2.39. The van der Waals surface area contributed by atoms with Gasteiger partial charge in [-0.1, -0.05) is 0 Å². The van der Waals surface area contributed by atoms with Crippen LogP contribution in [-0.2, 0) is 14.8 Å². The van der Waals surface area contributed by atoms with Crippen molar-refractivity contribution in [2.75, 3.05) is 51.0 Å². The quantitative estimate of drug-likeness (QED) is 0.811. The second-order valence-electron chi connectivity index (χ2n) is 4.61. The first-order chi connectivity index (χ1) is 8.93. The molecule has 0 atom stereocenters. The standard InChI is InChI=1S/C12H19N3O3S/c1-14(2)19(16,17)10-3-4-12(11(13)9-10)15-5-7-18-8-6-15/h3-4,9H,5-8,13H2,1-2H3. The molecular formula is C12H19N3O3S. The lowest BCUT2D eigenvalue weighted by molar-refractivity contribution is 0.123. The molecule has 6 nitrogen and oxygen atoms in total. The molecule has 1 aliphatic heterocycles. The summed E-state index contributed by atoms with van der Waals surface area (Å²) in [7, 11) is -0.434. The average molecular weight is 285 g/mol. The van der Waals surface area contributed by atoms with Gasteiger partial charge in [0.2, 0.25) is 10.0 Å². The van der Waals surface area contributed by atoms with Crippen LogP contribution in [0.4, 0.5) is 11.4 Å². The number of nitrogen functional groups attached to an aromatic ring is 1. The number of rotatable bonds is 3. The second kappa shape index (κ2) is 5.36. The SMILES string of the molecule is CN(C)S(=O)(=O)c1ccc(N2CCOCC2)c(N)c1. The summed E-state index contributed by atoms with van der Waals surface area (Å²) in [5.41, 5.74) is 7.32. The third kappa shape index (κ3) is 2.83. The zero-order chi connectivity index (χ0) is 14.0. The van der Waals surface area contributed by atoms with Crippen LogP contribution < -0.4 is 10.6 Å². The smallest absolute Gasteiger partial charge is 0.242 e. The summed E-state index contributed by atoms with van der Waals surface area (Å²) in [6.07, 6.45) is 0. The number of morpholine rings is 1. The largest absolute Gasteiger partial charge is 0.397 e. The molecule has 7 heteroatoms. The summed E-state index contributed by atoms with van der Waals surface area (Å²) in [4.78, 5) is 2.32. The predicted molar refractivity (Wildman–Crippen MR) is 74.8 cm³/mol. The molecule has 0 aromatic heterocycles. The Bertz CT molecular complexity index is 551. The van der Waals surface area contributed by atoms with E-state index >= 15 is 0 Å². The highest BCUT2D eigenvalue weighted by molar-refractivity contribution is 7.89. The highest BCUT2D eigenvalue weighted by atomic mass is 32.2. The number of hydrogen-bond donors (Lipinski definition) is 1. The molecule has 0 spiro atoms. The fourth-order valence-electron chi connectivity index (χ4n) is 2.00. The van der Waals surface area contributed by atoms with Gasteiger partial charge in [-0.2, -0.15) is 0 Å². The maximum atomic E-state index is 12.0. The van der Waals surface area contributed by atoms with Crippen molar-refractivity contribution in [2.45, 2.75) is 4.90 Å². The van der Waals surface area contributed by atoms with E-state index in [9.17, 15) is 8.42 Å². The molecule has 1 fully saturated rings. The predicted octanol–water partition coefficient (Wildman–Crippen LogP) is 0.356. The molecule has 2 N–H and O–H groups in total. The van der Waals surface area contributed by atoms with E-state index in [0.29, 0.717) is 18.9 Å². The van der Waals surface area contributed by atoms with E-state index in [-0.39, 0.29) is 4.90 Å². The number of nitrogens with zero attached hydrogens (tertiary/aromatic N) is 2. The summed E-state index contributed by atoms with van der Waals surface area (Å²) < 4.78 is 30.5. The zero-order valence-corrected chi connectivity index (χ0v) is 12.0. The van der Waals surface area contributed by atoms with Crippen molar-refractivity contribution in [2.24, 2.45) is 0 Å². The summed E-state index contributed by atoms with van der Waals surface area (Å²) in [6.45, 7) is 2.86. The van der Waals surface area contributed by atoms with E-state index in [1.165, 1.54) is 24.5 Å². The molecule has 1 aromatic rings. The Morgan fingerprint density at radius 2 is 1.89 bits per heavy atom. The zero-order valence-electron chi connectivity index (χ0n) is 11.2. The molecule has 2 rings (SSSR count). The molecule has 0 aliphatic carbocycles. The first-order valence-electron chi connectivity index (χ1n) is 6.07. The number of benzene rings is 1. The highest BCUT2D eigenvalue weighted by Crippen LogP contribution is 2.27. The van der Waals surface area contributed by atoms with Crippen LogP contribution in [0.3, 0.4) is 0 Å². The van der Waals surface area contributed by atoms with Crippen LogP contribution in [0.1, 0.15) is 0 Å². The van der Waals surface area contributed by atoms with Crippen molar-refractivity contribution < 1.29 is 13.2 Å². The molecule has 106 valence electrons. The molecule has 0 bridgehead atoms. The topological polar surface area (TPSA) is 75.9 Å². The van der Waals surface area contributed by atoms with E-state index in [1.807, 2.05) is 0 Å². The molecule has 0 unspecified atom stereocenters. The molecule has 19 heavy (non-hydrogen) atoms. The van der Waals surface area contributed by atoms with Crippen LogP contribution in [0.2, 0.25) is 0 Å². The van der Waals surface area contributed by atoms with E-state index in [0.717, 1.165) is 18.8 Å². The minimum absolute atomic E-state index is 0.215. The van der Waals surface area contributed by atoms with Crippen LogP contribution in [0.25, 0.3) is 0 Å². The van der Waals surface area contributed by atoms with E-state index in [1.54, 1.807) is 12.1 Å². The van der Waals surface area contributed by atoms with Crippen molar-refractivity contribution in [1.82, 2.24) is 4.31 Å². The van der Waals surface area contributed by atoms with Crippen LogP contribution in [-0.4, -0.2) is 53.1 Å². The minimum Gasteiger partial charge on any atom is -0.397 e. The second-order valence-corrected chi connectivity index (χ2v) is 6.76. The summed E-state index contributed by atoms with van der Waals surface area (Å²) >= 11 is 0. The maximum Gasteiger partial charge on any atom is 0.242 e. The van der Waals surface area contributed by atoms with E-state index in [4.69, 9.17) is 10.5 Å². The lowest BCUT2D eigenvalue weighted by Crippen LogP contribution is -2.36. The van der Waals surface area contributed by atoms with Crippen LogP contribution in [0.5, 0.6) is 0 Å². The Labute approximate surface area is 113 Å². The molecule has 1 aliphatic rings. The maximum absolute atomic E-state index is 12.0. The molecule has 0 radical (unpaired) electrons. The van der Waals surface area contributed by atoms with Gasteiger partial charge in [0.25, 0.3) is 0 Å². The normalized spacial score (nSPS) is 16.9. The van der Waals surface area contributed by atoms with Gasteiger partial charge in [-0.25, -0.2) is 12.7 Å². The number of sulfonamides is 1. The van der Waals surface area contributed by atoms with Crippen LogP contribution in [0.15, 0.2) is 23.1 Å². The fourth-order valence-corrected chi connectivity index (χ4v) is 2.93. The Morgan fingerprint density at radius 3 is 2.42 bits per heavy atom. The Balaban J connectivity index is 2.32. The fraction of sp³-hybridized carbons (Fsp3) is 0.500. The van der Waals surface area contributed by atoms with Crippen LogP contribution in [0, 0.1) is 0 Å². The third-order valence-electron chi connectivity index (χ3n) is 3.13. The summed E-state index contributed by atoms with van der Waals surface area (Å²) in [5, 5.41) is 0. The van der Waals surface area contributed by atoms with Gasteiger partial charge in [0.1, 0.15) is 0 Å². The van der Waals surface area contributed by atoms with Gasteiger partial charge < -0.3 is 15.4 Å². The van der Waals surface area contributed by atoms with Crippen molar-refractivity contribution in [3.63, 3.8) is 0 Å².